The Kier molecular flexibility index (Phi) is 4.56. The number of fused-ring (bicyclic) bond motifs is 2. The Hall–Kier alpha value is -1.07. The van der Waals surface area contributed by atoms with E-state index in [1.165, 1.54) is 37.0 Å². The van der Waals surface area contributed by atoms with E-state index in [4.69, 9.17) is 4.98 Å². The molecule has 24 heavy (non-hydrogen) atoms. The minimum atomic E-state index is 0.197. The summed E-state index contributed by atoms with van der Waals surface area (Å²) in [5.74, 6) is 0.870. The van der Waals surface area contributed by atoms with Gasteiger partial charge in [0, 0.05) is 22.2 Å². The maximum atomic E-state index is 12.9. The largest absolute Gasteiger partial charge is 0.307 e. The molecule has 0 saturated heterocycles. The molecule has 5 heteroatoms. The highest BCUT2D eigenvalue weighted by atomic mass is 32.2. The van der Waals surface area contributed by atoms with Crippen LogP contribution in [0, 0.1) is 0 Å². The normalized spacial score (nSPS) is 18.2. The Balaban J connectivity index is 1.87. The average Bonchev–Trinajstić information content (AvgIpc) is 3.18. The molecule has 1 fully saturated rings. The summed E-state index contributed by atoms with van der Waals surface area (Å²) >= 11 is 3.57. The third-order valence-corrected chi connectivity index (χ3v) is 7.56. The first-order valence-electron chi connectivity index (χ1n) is 8.99. The molecule has 2 aliphatic carbocycles. The van der Waals surface area contributed by atoms with Crippen LogP contribution in [0.15, 0.2) is 22.1 Å². The zero-order valence-electron chi connectivity index (χ0n) is 14.3. The van der Waals surface area contributed by atoms with Crippen molar-refractivity contribution in [2.75, 3.05) is 5.75 Å². The van der Waals surface area contributed by atoms with Crippen molar-refractivity contribution >= 4 is 33.4 Å². The molecule has 4 rings (SSSR count). The number of thioether (sulfide) groups is 1. The van der Waals surface area contributed by atoms with E-state index in [0.29, 0.717) is 6.04 Å². The molecule has 0 atom stereocenters. The van der Waals surface area contributed by atoms with Crippen molar-refractivity contribution in [3.05, 3.63) is 32.8 Å². The van der Waals surface area contributed by atoms with Crippen LogP contribution in [0.2, 0.25) is 0 Å². The van der Waals surface area contributed by atoms with Crippen molar-refractivity contribution < 1.29 is 0 Å². The molecule has 1 saturated carbocycles. The van der Waals surface area contributed by atoms with E-state index < -0.39 is 0 Å². The third-order valence-electron chi connectivity index (χ3n) is 5.10. The van der Waals surface area contributed by atoms with Gasteiger partial charge in [-0.15, -0.1) is 11.3 Å². The summed E-state index contributed by atoms with van der Waals surface area (Å²) in [5, 5.41) is 1.02. The Morgan fingerprint density at radius 1 is 1.29 bits per heavy atom. The zero-order valence-corrected chi connectivity index (χ0v) is 15.9. The SMILES string of the molecule is C=C(C)CSc1nc2c(=O)c3c(sc2n1C1CCCCC1)CCC3. The summed E-state index contributed by atoms with van der Waals surface area (Å²) in [6.45, 7) is 6.07. The quantitative estimate of drug-likeness (QED) is 0.561. The van der Waals surface area contributed by atoms with E-state index >= 15 is 0 Å². The number of aromatic nitrogens is 2. The van der Waals surface area contributed by atoms with Crippen LogP contribution in [-0.2, 0) is 12.8 Å². The fourth-order valence-electron chi connectivity index (χ4n) is 3.92. The Morgan fingerprint density at radius 2 is 2.08 bits per heavy atom. The van der Waals surface area contributed by atoms with Crippen LogP contribution in [0.5, 0.6) is 0 Å². The molecule has 128 valence electrons. The van der Waals surface area contributed by atoms with Crippen molar-refractivity contribution in [3.8, 4) is 0 Å². The lowest BCUT2D eigenvalue weighted by Crippen LogP contribution is -2.14. The molecule has 0 aromatic carbocycles. The highest BCUT2D eigenvalue weighted by molar-refractivity contribution is 7.99. The summed E-state index contributed by atoms with van der Waals surface area (Å²) in [7, 11) is 0. The topological polar surface area (TPSA) is 34.9 Å². The van der Waals surface area contributed by atoms with Crippen LogP contribution >= 0.6 is 23.1 Å². The first-order valence-corrected chi connectivity index (χ1v) is 10.8. The average molecular weight is 361 g/mol. The molecular formula is C19H24N2OS2. The molecule has 0 N–H and O–H groups in total. The van der Waals surface area contributed by atoms with Crippen molar-refractivity contribution in [3.63, 3.8) is 0 Å². The second kappa shape index (κ2) is 6.68. The molecule has 0 spiro atoms. The predicted octanol–water partition coefficient (Wildman–Crippen LogP) is 5.12. The number of rotatable bonds is 4. The molecule has 2 aromatic heterocycles. The minimum absolute atomic E-state index is 0.197. The monoisotopic (exact) mass is 360 g/mol. The summed E-state index contributed by atoms with van der Waals surface area (Å²) in [6.07, 6.45) is 9.45. The molecule has 0 unspecified atom stereocenters. The van der Waals surface area contributed by atoms with Gasteiger partial charge in [-0.25, -0.2) is 4.98 Å². The van der Waals surface area contributed by atoms with E-state index in [2.05, 4.69) is 18.1 Å². The lowest BCUT2D eigenvalue weighted by atomic mass is 9.95. The minimum Gasteiger partial charge on any atom is -0.307 e. The van der Waals surface area contributed by atoms with E-state index in [0.717, 1.165) is 51.7 Å². The van der Waals surface area contributed by atoms with Crippen LogP contribution in [-0.4, -0.2) is 15.3 Å². The molecule has 0 amide bonds. The van der Waals surface area contributed by atoms with E-state index in [-0.39, 0.29) is 5.43 Å². The smallest absolute Gasteiger partial charge is 0.211 e. The van der Waals surface area contributed by atoms with Crippen LogP contribution in [0.1, 0.15) is 61.9 Å². The number of nitrogens with zero attached hydrogens (tertiary/aromatic N) is 2. The van der Waals surface area contributed by atoms with E-state index in [9.17, 15) is 4.79 Å². The lowest BCUT2D eigenvalue weighted by molar-refractivity contribution is 0.344. The van der Waals surface area contributed by atoms with Gasteiger partial charge in [0.1, 0.15) is 10.3 Å². The summed E-state index contributed by atoms with van der Waals surface area (Å²) in [5.41, 5.74) is 3.10. The van der Waals surface area contributed by atoms with Crippen LogP contribution < -0.4 is 5.43 Å². The molecule has 3 nitrogen and oxygen atoms in total. The standard InChI is InChI=1S/C19H24N2OS2/c1-12(2)11-23-19-20-16-17(22)14-9-6-10-15(14)24-18(16)21(19)13-7-4-3-5-8-13/h13H,1,3-11H2,2H3. The molecule has 2 aliphatic rings. The second-order valence-corrected chi connectivity index (χ2v) is 9.17. The number of aryl methyl sites for hydroxylation is 1. The van der Waals surface area contributed by atoms with Crippen molar-refractivity contribution in [1.29, 1.82) is 0 Å². The maximum absolute atomic E-state index is 12.9. The molecule has 0 bridgehead atoms. The highest BCUT2D eigenvalue weighted by Crippen LogP contribution is 2.38. The predicted molar refractivity (Wildman–Crippen MR) is 104 cm³/mol. The van der Waals surface area contributed by atoms with Gasteiger partial charge >= 0.3 is 0 Å². The molecular weight excluding hydrogens is 336 g/mol. The molecule has 0 aliphatic heterocycles. The molecule has 2 aromatic rings. The van der Waals surface area contributed by atoms with Gasteiger partial charge in [-0.2, -0.15) is 0 Å². The lowest BCUT2D eigenvalue weighted by Gasteiger charge is -2.25. The van der Waals surface area contributed by atoms with Crippen molar-refractivity contribution in [2.45, 2.75) is 69.5 Å². The van der Waals surface area contributed by atoms with Gasteiger partial charge in [0.05, 0.1) is 0 Å². The van der Waals surface area contributed by atoms with Crippen LogP contribution in [0.3, 0.4) is 0 Å². The van der Waals surface area contributed by atoms with Crippen molar-refractivity contribution in [2.24, 2.45) is 0 Å². The maximum Gasteiger partial charge on any atom is 0.211 e. The van der Waals surface area contributed by atoms with Gasteiger partial charge in [-0.1, -0.05) is 43.2 Å². The van der Waals surface area contributed by atoms with Crippen LogP contribution in [0.25, 0.3) is 10.3 Å². The van der Waals surface area contributed by atoms with Crippen molar-refractivity contribution in [1.82, 2.24) is 9.55 Å². The third kappa shape index (κ3) is 2.86. The Morgan fingerprint density at radius 3 is 2.83 bits per heavy atom. The Bertz CT molecular complexity index is 843. The van der Waals surface area contributed by atoms with Gasteiger partial charge in [0.2, 0.25) is 5.43 Å². The summed E-state index contributed by atoms with van der Waals surface area (Å²) < 4.78 is 2.41. The zero-order chi connectivity index (χ0) is 16.7. The van der Waals surface area contributed by atoms with Gasteiger partial charge in [0.25, 0.3) is 0 Å². The van der Waals surface area contributed by atoms with Crippen LogP contribution in [0.4, 0.5) is 0 Å². The fourth-order valence-corrected chi connectivity index (χ4v) is 6.26. The number of imidazole rings is 1. The first-order chi connectivity index (χ1) is 11.6. The summed E-state index contributed by atoms with van der Waals surface area (Å²) in [6, 6.07) is 0.506. The van der Waals surface area contributed by atoms with E-state index in [1.54, 1.807) is 11.8 Å². The molecule has 0 radical (unpaired) electrons. The summed E-state index contributed by atoms with van der Waals surface area (Å²) in [4.78, 5) is 20.2. The number of hydrogen-bond donors (Lipinski definition) is 0. The number of hydrogen-bond acceptors (Lipinski definition) is 4. The van der Waals surface area contributed by atoms with Gasteiger partial charge in [-0.05, 0) is 39.0 Å². The Labute approximate surface area is 151 Å². The van der Waals surface area contributed by atoms with E-state index in [1.807, 2.05) is 11.3 Å². The first kappa shape index (κ1) is 16.4. The fraction of sp³-hybridized carbons (Fsp3) is 0.579. The van der Waals surface area contributed by atoms with Gasteiger partial charge in [0.15, 0.2) is 5.16 Å². The van der Waals surface area contributed by atoms with Gasteiger partial charge in [-0.3, -0.25) is 4.79 Å². The van der Waals surface area contributed by atoms with Gasteiger partial charge < -0.3 is 4.57 Å². The highest BCUT2D eigenvalue weighted by Gasteiger charge is 2.26. The molecule has 2 heterocycles. The second-order valence-electron chi connectivity index (χ2n) is 7.14.